The summed E-state index contributed by atoms with van der Waals surface area (Å²) in [6, 6.07) is 12.8. The van der Waals surface area contributed by atoms with Crippen LogP contribution >= 0.6 is 8.58 Å². The lowest BCUT2D eigenvalue weighted by atomic mass is 9.93. The van der Waals surface area contributed by atoms with Crippen molar-refractivity contribution in [2.24, 2.45) is 5.92 Å². The van der Waals surface area contributed by atoms with Gasteiger partial charge in [0.15, 0.2) is 6.79 Å². The van der Waals surface area contributed by atoms with Gasteiger partial charge in [-0.05, 0) is 61.2 Å². The third-order valence-electron chi connectivity index (χ3n) is 4.87. The van der Waals surface area contributed by atoms with Crippen molar-refractivity contribution in [3.8, 4) is 5.75 Å². The molecule has 0 saturated heterocycles. The fourth-order valence-electron chi connectivity index (χ4n) is 3.42. The minimum absolute atomic E-state index is 0.226. The molecule has 3 rings (SSSR count). The summed E-state index contributed by atoms with van der Waals surface area (Å²) in [5.41, 5.74) is 3.45. The molecular formula is C24H29O3P. The number of hydrogen-bond acceptors (Lipinski definition) is 3. The van der Waals surface area contributed by atoms with Gasteiger partial charge in [-0.15, -0.1) is 0 Å². The van der Waals surface area contributed by atoms with E-state index in [4.69, 9.17) is 9.47 Å². The summed E-state index contributed by atoms with van der Waals surface area (Å²) in [5, 5.41) is 12.5. The molecule has 3 atom stereocenters. The summed E-state index contributed by atoms with van der Waals surface area (Å²) in [7, 11) is 2.04. The maximum atomic E-state index is 10.2. The third-order valence-corrected chi connectivity index (χ3v) is 6.25. The van der Waals surface area contributed by atoms with Crippen LogP contribution in [0.5, 0.6) is 5.75 Å². The summed E-state index contributed by atoms with van der Waals surface area (Å²) in [6.45, 7) is 4.10. The van der Waals surface area contributed by atoms with Crippen LogP contribution in [0.15, 0.2) is 60.7 Å². The number of benzene rings is 2. The molecule has 28 heavy (non-hydrogen) atoms. The van der Waals surface area contributed by atoms with Crippen molar-refractivity contribution >= 4 is 19.2 Å². The number of aryl methyl sites for hydroxylation is 1. The molecule has 1 aliphatic carbocycles. The van der Waals surface area contributed by atoms with Crippen molar-refractivity contribution in [3.63, 3.8) is 0 Å². The van der Waals surface area contributed by atoms with Crippen molar-refractivity contribution in [2.75, 3.05) is 13.9 Å². The van der Waals surface area contributed by atoms with E-state index in [1.807, 2.05) is 6.92 Å². The zero-order chi connectivity index (χ0) is 19.9. The van der Waals surface area contributed by atoms with E-state index < -0.39 is 6.10 Å². The Labute approximate surface area is 169 Å². The van der Waals surface area contributed by atoms with Gasteiger partial charge < -0.3 is 14.6 Å². The Kier molecular flexibility index (Phi) is 7.44. The largest absolute Gasteiger partial charge is 0.467 e. The Morgan fingerprint density at radius 2 is 2.00 bits per heavy atom. The Morgan fingerprint density at radius 3 is 2.71 bits per heavy atom. The molecule has 148 valence electrons. The maximum absolute atomic E-state index is 10.2. The molecule has 0 heterocycles. The summed E-state index contributed by atoms with van der Waals surface area (Å²) in [5.74, 6) is 1.39. The van der Waals surface area contributed by atoms with E-state index >= 15 is 0 Å². The Balaban J connectivity index is 1.89. The van der Waals surface area contributed by atoms with Crippen LogP contribution in [-0.2, 0) is 11.2 Å². The highest BCUT2D eigenvalue weighted by molar-refractivity contribution is 7.55. The van der Waals surface area contributed by atoms with E-state index in [1.54, 1.807) is 7.11 Å². The predicted molar refractivity (Wildman–Crippen MR) is 118 cm³/mol. The molecule has 4 heteroatoms. The van der Waals surface area contributed by atoms with Crippen LogP contribution in [0, 0.1) is 12.8 Å². The Morgan fingerprint density at radius 1 is 1.14 bits per heavy atom. The number of methoxy groups -OCH3 is 1. The first-order valence-corrected chi connectivity index (χ1v) is 10.7. The summed E-state index contributed by atoms with van der Waals surface area (Å²) < 4.78 is 10.9. The number of allylic oxidation sites excluding steroid dienone is 4. The average molecular weight is 396 g/mol. The van der Waals surface area contributed by atoms with Gasteiger partial charge in [-0.2, -0.15) is 0 Å². The van der Waals surface area contributed by atoms with Crippen molar-refractivity contribution < 1.29 is 14.6 Å². The maximum Gasteiger partial charge on any atom is 0.188 e. The van der Waals surface area contributed by atoms with Crippen LogP contribution in [0.1, 0.15) is 36.1 Å². The molecule has 0 aliphatic heterocycles. The van der Waals surface area contributed by atoms with Gasteiger partial charge in [0.25, 0.3) is 0 Å². The monoisotopic (exact) mass is 396 g/mol. The van der Waals surface area contributed by atoms with Gasteiger partial charge in [-0.25, -0.2) is 0 Å². The summed E-state index contributed by atoms with van der Waals surface area (Å²) in [4.78, 5) is 0. The van der Waals surface area contributed by atoms with Gasteiger partial charge in [0.2, 0.25) is 0 Å². The smallest absolute Gasteiger partial charge is 0.188 e. The minimum Gasteiger partial charge on any atom is -0.467 e. The molecule has 0 amide bonds. The van der Waals surface area contributed by atoms with Crippen LogP contribution in [0.25, 0.3) is 0 Å². The molecule has 3 nitrogen and oxygen atoms in total. The SMILES string of the molecule is COCOc1ccc(CC2C=CC=CC2)cc1Pc1ccc(C)cc1C(C)O. The normalized spacial score (nSPS) is 17.4. The second-order valence-electron chi connectivity index (χ2n) is 7.29. The first-order valence-electron chi connectivity index (χ1n) is 9.70. The third kappa shape index (κ3) is 5.54. The van der Waals surface area contributed by atoms with Crippen LogP contribution < -0.4 is 15.3 Å². The number of rotatable bonds is 8. The van der Waals surface area contributed by atoms with Gasteiger partial charge in [0.05, 0.1) is 6.10 Å². The Bertz CT molecular complexity index is 855. The van der Waals surface area contributed by atoms with Gasteiger partial charge in [-0.1, -0.05) is 62.7 Å². The topological polar surface area (TPSA) is 38.7 Å². The number of aliphatic hydroxyl groups is 1. The minimum atomic E-state index is -0.493. The van der Waals surface area contributed by atoms with Crippen LogP contribution in [0.3, 0.4) is 0 Å². The van der Waals surface area contributed by atoms with Crippen molar-refractivity contribution in [1.29, 1.82) is 0 Å². The highest BCUT2D eigenvalue weighted by Gasteiger charge is 2.14. The van der Waals surface area contributed by atoms with Gasteiger partial charge >= 0.3 is 0 Å². The molecule has 0 fully saturated rings. The Hall–Kier alpha value is -1.93. The lowest BCUT2D eigenvalue weighted by Gasteiger charge is -2.18. The number of ether oxygens (including phenoxy) is 2. The first-order chi connectivity index (χ1) is 13.6. The van der Waals surface area contributed by atoms with E-state index in [9.17, 15) is 5.11 Å². The van der Waals surface area contributed by atoms with Crippen LogP contribution in [0.4, 0.5) is 0 Å². The fraction of sp³-hybridized carbons (Fsp3) is 0.333. The first kappa shape index (κ1) is 20.8. The molecule has 1 aliphatic rings. The molecule has 0 spiro atoms. The zero-order valence-electron chi connectivity index (χ0n) is 16.8. The molecule has 2 aromatic rings. The van der Waals surface area contributed by atoms with E-state index in [0.717, 1.165) is 40.3 Å². The highest BCUT2D eigenvalue weighted by Crippen LogP contribution is 2.27. The van der Waals surface area contributed by atoms with Gasteiger partial charge in [-0.3, -0.25) is 0 Å². The standard InChI is InChI=1S/C24H29O3P/c1-17-9-12-23(21(13-17)18(2)25)28-24-15-20(10-11-22(24)27-16-26-3)14-19-7-5-4-6-8-19/h4-7,9-13,15,18-19,25,28H,8,14,16H2,1-3H3. The van der Waals surface area contributed by atoms with Gasteiger partial charge in [0.1, 0.15) is 5.75 Å². The van der Waals surface area contributed by atoms with E-state index in [1.165, 1.54) is 5.56 Å². The lowest BCUT2D eigenvalue weighted by Crippen LogP contribution is -2.15. The van der Waals surface area contributed by atoms with Crippen molar-refractivity contribution in [3.05, 3.63) is 77.4 Å². The molecule has 0 aromatic heterocycles. The molecule has 0 bridgehead atoms. The number of hydrogen-bond donors (Lipinski definition) is 1. The van der Waals surface area contributed by atoms with Crippen molar-refractivity contribution in [1.82, 2.24) is 0 Å². The van der Waals surface area contributed by atoms with E-state index in [0.29, 0.717) is 14.5 Å². The number of aliphatic hydroxyl groups excluding tert-OH is 1. The van der Waals surface area contributed by atoms with Gasteiger partial charge in [0, 0.05) is 12.4 Å². The highest BCUT2D eigenvalue weighted by atomic mass is 31.1. The predicted octanol–water partition coefficient (Wildman–Crippen LogP) is 4.34. The quantitative estimate of drug-likeness (QED) is 0.533. The second-order valence-corrected chi connectivity index (χ2v) is 8.61. The fourth-order valence-corrected chi connectivity index (χ4v) is 4.84. The van der Waals surface area contributed by atoms with E-state index in [-0.39, 0.29) is 6.79 Å². The zero-order valence-corrected chi connectivity index (χ0v) is 17.8. The average Bonchev–Trinajstić information content (AvgIpc) is 2.69. The second kappa shape index (κ2) is 10.0. The summed E-state index contributed by atoms with van der Waals surface area (Å²) in [6.07, 6.45) is 10.4. The molecule has 3 unspecified atom stereocenters. The lowest BCUT2D eigenvalue weighted by molar-refractivity contribution is 0.0519. The molecule has 0 radical (unpaired) electrons. The van der Waals surface area contributed by atoms with E-state index in [2.05, 4.69) is 67.6 Å². The van der Waals surface area contributed by atoms with Crippen LogP contribution in [0.2, 0.25) is 0 Å². The summed E-state index contributed by atoms with van der Waals surface area (Å²) >= 11 is 0. The van der Waals surface area contributed by atoms with Crippen LogP contribution in [-0.4, -0.2) is 19.0 Å². The van der Waals surface area contributed by atoms with Crippen molar-refractivity contribution in [2.45, 2.75) is 32.8 Å². The molecular weight excluding hydrogens is 367 g/mol. The molecule has 0 saturated carbocycles. The molecule has 1 N–H and O–H groups in total. The molecule has 2 aromatic carbocycles.